The van der Waals surface area contributed by atoms with E-state index in [2.05, 4.69) is 34.5 Å². The largest absolute Gasteiger partial charge is 0.384 e. The van der Waals surface area contributed by atoms with Crippen LogP contribution in [-0.2, 0) is 6.42 Å². The van der Waals surface area contributed by atoms with E-state index in [-0.39, 0.29) is 0 Å². The average molecular weight is 244 g/mol. The van der Waals surface area contributed by atoms with Gasteiger partial charge in [0.05, 0.1) is 0 Å². The maximum atomic E-state index is 3.59. The van der Waals surface area contributed by atoms with E-state index in [1.54, 1.807) is 0 Å². The van der Waals surface area contributed by atoms with Gasteiger partial charge in [-0.05, 0) is 30.9 Å². The highest BCUT2D eigenvalue weighted by molar-refractivity contribution is 5.51. The lowest BCUT2D eigenvalue weighted by Crippen LogP contribution is -2.42. The van der Waals surface area contributed by atoms with E-state index in [4.69, 9.17) is 0 Å². The predicted octanol–water partition coefficient (Wildman–Crippen LogP) is 3.29. The van der Waals surface area contributed by atoms with E-state index in [1.165, 1.54) is 62.9 Å². The first-order valence-electron chi connectivity index (χ1n) is 7.49. The molecule has 98 valence electrons. The van der Waals surface area contributed by atoms with Gasteiger partial charge < -0.3 is 5.32 Å². The Hall–Kier alpha value is -1.02. The van der Waals surface area contributed by atoms with Crippen LogP contribution in [0.15, 0.2) is 24.3 Å². The van der Waals surface area contributed by atoms with Gasteiger partial charge in [-0.15, -0.1) is 0 Å². The maximum Gasteiger partial charge on any atom is 0.0373 e. The monoisotopic (exact) mass is 244 g/mol. The van der Waals surface area contributed by atoms with Crippen molar-refractivity contribution < 1.29 is 0 Å². The minimum Gasteiger partial charge on any atom is -0.384 e. The molecule has 0 amide bonds. The van der Waals surface area contributed by atoms with E-state index in [9.17, 15) is 0 Å². The highest BCUT2D eigenvalue weighted by Gasteiger charge is 2.21. The van der Waals surface area contributed by atoms with Crippen LogP contribution in [-0.4, -0.2) is 30.6 Å². The van der Waals surface area contributed by atoms with Crippen molar-refractivity contribution in [3.05, 3.63) is 29.8 Å². The van der Waals surface area contributed by atoms with Crippen LogP contribution in [0.3, 0.4) is 0 Å². The fourth-order valence-corrected chi connectivity index (χ4v) is 3.43. The number of benzene rings is 1. The highest BCUT2D eigenvalue weighted by atomic mass is 15.2. The molecular weight excluding hydrogens is 220 g/mol. The van der Waals surface area contributed by atoms with Crippen LogP contribution >= 0.6 is 0 Å². The zero-order valence-corrected chi connectivity index (χ0v) is 11.2. The Morgan fingerprint density at radius 2 is 1.83 bits per heavy atom. The number of hydrogen-bond donors (Lipinski definition) is 1. The number of anilines is 1. The topological polar surface area (TPSA) is 15.3 Å². The molecular formula is C16H24N2. The van der Waals surface area contributed by atoms with Gasteiger partial charge in [0.1, 0.15) is 0 Å². The van der Waals surface area contributed by atoms with Gasteiger partial charge in [-0.2, -0.15) is 0 Å². The smallest absolute Gasteiger partial charge is 0.0373 e. The molecule has 1 N–H and O–H groups in total. The quantitative estimate of drug-likeness (QED) is 0.815. The molecule has 1 heterocycles. The minimum absolute atomic E-state index is 0.853. The Labute approximate surface area is 110 Å². The minimum atomic E-state index is 0.853. The third kappa shape index (κ3) is 2.69. The van der Waals surface area contributed by atoms with Crippen LogP contribution < -0.4 is 5.32 Å². The molecule has 3 rings (SSSR count). The van der Waals surface area contributed by atoms with Crippen LogP contribution in [0.4, 0.5) is 5.69 Å². The van der Waals surface area contributed by atoms with E-state index in [0.29, 0.717) is 0 Å². The predicted molar refractivity (Wildman–Crippen MR) is 77.1 cm³/mol. The number of fused-ring (bicyclic) bond motifs is 1. The third-order valence-corrected chi connectivity index (χ3v) is 4.49. The van der Waals surface area contributed by atoms with Gasteiger partial charge in [0.2, 0.25) is 0 Å². The number of nitrogens with one attached hydrogen (secondary N) is 1. The summed E-state index contributed by atoms with van der Waals surface area (Å²) in [5, 5.41) is 3.59. The van der Waals surface area contributed by atoms with E-state index in [1.807, 2.05) is 0 Å². The summed E-state index contributed by atoms with van der Waals surface area (Å²) in [4.78, 5) is 2.72. The molecule has 1 aliphatic carbocycles. The Bertz CT molecular complexity index is 382. The molecule has 1 aromatic carbocycles. The maximum absolute atomic E-state index is 3.59. The molecule has 0 atom stereocenters. The molecule has 18 heavy (non-hydrogen) atoms. The molecule has 0 saturated heterocycles. The van der Waals surface area contributed by atoms with Gasteiger partial charge in [0.15, 0.2) is 0 Å². The third-order valence-electron chi connectivity index (χ3n) is 4.49. The number of hydrogen-bond acceptors (Lipinski definition) is 2. The molecule has 2 nitrogen and oxygen atoms in total. The number of nitrogens with zero attached hydrogens (tertiary/aromatic N) is 1. The summed E-state index contributed by atoms with van der Waals surface area (Å²) in [6.45, 7) is 3.54. The molecule has 1 aromatic rings. The van der Waals surface area contributed by atoms with Crippen molar-refractivity contribution in [3.63, 3.8) is 0 Å². The van der Waals surface area contributed by atoms with E-state index >= 15 is 0 Å². The molecule has 0 bridgehead atoms. The van der Waals surface area contributed by atoms with Crippen molar-refractivity contribution in [2.24, 2.45) is 0 Å². The van der Waals surface area contributed by atoms with E-state index in [0.717, 1.165) is 12.6 Å². The zero-order chi connectivity index (χ0) is 12.2. The second-order valence-electron chi connectivity index (χ2n) is 5.66. The molecule has 2 aliphatic rings. The van der Waals surface area contributed by atoms with Crippen molar-refractivity contribution in [1.82, 2.24) is 4.90 Å². The molecule has 1 aliphatic heterocycles. The van der Waals surface area contributed by atoms with Crippen molar-refractivity contribution in [3.8, 4) is 0 Å². The zero-order valence-electron chi connectivity index (χ0n) is 11.2. The lowest BCUT2D eigenvalue weighted by molar-refractivity contribution is 0.162. The first-order valence-corrected chi connectivity index (χ1v) is 7.49. The summed E-state index contributed by atoms with van der Waals surface area (Å²) in [5.41, 5.74) is 2.83. The summed E-state index contributed by atoms with van der Waals surface area (Å²) >= 11 is 0. The molecule has 0 unspecified atom stereocenters. The Morgan fingerprint density at radius 3 is 2.72 bits per heavy atom. The number of rotatable bonds is 1. The summed E-state index contributed by atoms with van der Waals surface area (Å²) in [5.74, 6) is 0. The van der Waals surface area contributed by atoms with Gasteiger partial charge in [-0.3, -0.25) is 4.90 Å². The average Bonchev–Trinajstić information content (AvgIpc) is 2.41. The summed E-state index contributed by atoms with van der Waals surface area (Å²) < 4.78 is 0. The molecule has 2 heteroatoms. The molecule has 0 aromatic heterocycles. The second-order valence-corrected chi connectivity index (χ2v) is 5.66. The standard InChI is InChI=1S/C16H24N2/c1-2-7-15(8-3-1)18-12-10-14-6-4-5-9-16(14)17-11-13-18/h4-6,9,15,17H,1-3,7-8,10-13H2. The van der Waals surface area contributed by atoms with Crippen molar-refractivity contribution in [2.45, 2.75) is 44.6 Å². The van der Waals surface area contributed by atoms with Crippen molar-refractivity contribution in [2.75, 3.05) is 25.0 Å². The van der Waals surface area contributed by atoms with Crippen LogP contribution in [0, 0.1) is 0 Å². The van der Waals surface area contributed by atoms with Gasteiger partial charge in [-0.25, -0.2) is 0 Å². The van der Waals surface area contributed by atoms with Gasteiger partial charge >= 0.3 is 0 Å². The summed E-state index contributed by atoms with van der Waals surface area (Å²) in [7, 11) is 0. The lowest BCUT2D eigenvalue weighted by atomic mass is 9.93. The fraction of sp³-hybridized carbons (Fsp3) is 0.625. The van der Waals surface area contributed by atoms with E-state index < -0.39 is 0 Å². The highest BCUT2D eigenvalue weighted by Crippen LogP contribution is 2.24. The van der Waals surface area contributed by atoms with Crippen LogP contribution in [0.5, 0.6) is 0 Å². The molecule has 1 fully saturated rings. The van der Waals surface area contributed by atoms with Crippen LogP contribution in [0.1, 0.15) is 37.7 Å². The normalized spacial score (nSPS) is 22.7. The van der Waals surface area contributed by atoms with Crippen LogP contribution in [0.25, 0.3) is 0 Å². The van der Waals surface area contributed by atoms with Crippen LogP contribution in [0.2, 0.25) is 0 Å². The molecule has 0 spiro atoms. The first-order chi connectivity index (χ1) is 8.93. The van der Waals surface area contributed by atoms with Gasteiger partial charge in [0, 0.05) is 31.4 Å². The Kier molecular flexibility index (Phi) is 3.84. The second kappa shape index (κ2) is 5.75. The lowest BCUT2D eigenvalue weighted by Gasteiger charge is -2.36. The van der Waals surface area contributed by atoms with Gasteiger partial charge in [-0.1, -0.05) is 37.5 Å². The number of para-hydroxylation sites is 1. The molecule has 0 radical (unpaired) electrons. The van der Waals surface area contributed by atoms with Crippen molar-refractivity contribution >= 4 is 5.69 Å². The van der Waals surface area contributed by atoms with Gasteiger partial charge in [0.25, 0.3) is 0 Å². The molecule has 1 saturated carbocycles. The summed E-state index contributed by atoms with van der Waals surface area (Å²) in [6, 6.07) is 9.63. The first kappa shape index (κ1) is 12.0. The van der Waals surface area contributed by atoms with Crippen molar-refractivity contribution in [1.29, 1.82) is 0 Å². The Morgan fingerprint density at radius 1 is 1.00 bits per heavy atom. The fourth-order valence-electron chi connectivity index (χ4n) is 3.43. The summed E-state index contributed by atoms with van der Waals surface area (Å²) in [6.07, 6.45) is 8.35. The Balaban J connectivity index is 1.67. The SMILES string of the molecule is c1ccc2c(c1)CCN(C1CCCCC1)CCN2.